The van der Waals surface area contributed by atoms with E-state index in [0.717, 1.165) is 12.0 Å². The van der Waals surface area contributed by atoms with Crippen LogP contribution in [0.5, 0.6) is 0 Å². The van der Waals surface area contributed by atoms with Gasteiger partial charge >= 0.3 is 142 Å². The minimum atomic E-state index is -0.439. The molecule has 0 bridgehead atoms. The van der Waals surface area contributed by atoms with Crippen LogP contribution in [0, 0.1) is 0 Å². The molecule has 0 aromatic heterocycles. The van der Waals surface area contributed by atoms with E-state index in [4.69, 9.17) is 4.74 Å². The topological polar surface area (TPSA) is 112 Å². The van der Waals surface area contributed by atoms with E-state index in [9.17, 15) is 14.4 Å². The van der Waals surface area contributed by atoms with Crippen LogP contribution in [-0.2, 0) is 42.6 Å². The first-order valence-electron chi connectivity index (χ1n) is 9.67. The Morgan fingerprint density at radius 3 is 2.41 bits per heavy atom. The molecule has 0 aliphatic carbocycles. The molecule has 29 heavy (non-hydrogen) atoms. The van der Waals surface area contributed by atoms with Crippen molar-refractivity contribution in [2.24, 2.45) is 0 Å². The fraction of sp³-hybridized carbons (Fsp3) is 0.526. The number of nitrogens with zero attached hydrogens (tertiary/aromatic N) is 1. The van der Waals surface area contributed by atoms with Crippen LogP contribution in [0.25, 0.3) is 0 Å². The monoisotopic (exact) mass is 594 g/mol. The number of carbonyl (C=O) groups is 3. The maximum absolute atomic E-state index is 12.4. The van der Waals surface area contributed by atoms with Gasteiger partial charge in [-0.25, -0.2) is 4.79 Å². The zero-order valence-electron chi connectivity index (χ0n) is 17.4. The van der Waals surface area contributed by atoms with Gasteiger partial charge in [-0.05, 0) is 12.0 Å². The van der Waals surface area contributed by atoms with Gasteiger partial charge in [0, 0.05) is 6.54 Å². The third-order valence-corrected chi connectivity index (χ3v) is 5.18. The number of likely N-dealkylation sites (N-methyl/N-ethyl adjacent to an activating group) is 1. The zero-order valence-corrected chi connectivity index (χ0v) is 22.9. The van der Waals surface area contributed by atoms with Crippen LogP contribution in [-0.4, -0.2) is 53.9 Å². The number of urea groups is 1. The molecule has 9 nitrogen and oxygen atoms in total. The molecular formula is C19H30HgN5O4. The molecule has 0 aliphatic rings. The van der Waals surface area contributed by atoms with Crippen molar-refractivity contribution in [1.29, 1.82) is 0 Å². The molecule has 4 N–H and O–H groups in total. The Kier molecular flexibility index (Phi) is 12.3. The fourth-order valence-electron chi connectivity index (χ4n) is 2.38. The second-order valence-electron chi connectivity index (χ2n) is 6.60. The molecule has 0 fully saturated rings. The van der Waals surface area contributed by atoms with E-state index in [1.807, 2.05) is 6.92 Å². The predicted octanol–water partition coefficient (Wildman–Crippen LogP) is 1.73. The number of nitrogens with one attached hydrogen (secondary N) is 4. The molecule has 157 valence electrons. The van der Waals surface area contributed by atoms with Gasteiger partial charge in [-0.3, -0.25) is 0 Å². The average Bonchev–Trinajstić information content (AvgIpc) is 2.71. The average molecular weight is 593 g/mol. The van der Waals surface area contributed by atoms with E-state index in [-0.39, 0.29) is 51.0 Å². The van der Waals surface area contributed by atoms with Gasteiger partial charge in [0.05, 0.1) is 0 Å². The van der Waals surface area contributed by atoms with E-state index >= 15 is 0 Å². The summed E-state index contributed by atoms with van der Waals surface area (Å²) in [7, 11) is 3.50. The van der Waals surface area contributed by atoms with Crippen molar-refractivity contribution in [2.75, 3.05) is 32.5 Å². The first kappa shape index (κ1) is 25.2. The molecule has 1 aromatic rings. The van der Waals surface area contributed by atoms with Crippen molar-refractivity contribution in [1.82, 2.24) is 18.6 Å². The number of carbonyl (C=O) groups excluding carboxylic acids is 3. The summed E-state index contributed by atoms with van der Waals surface area (Å²) in [5, 5.41) is 11.3. The Hall–Kier alpha value is -1.87. The molecule has 1 unspecified atom stereocenters. The summed E-state index contributed by atoms with van der Waals surface area (Å²) < 4.78 is 6.78. The second-order valence-corrected chi connectivity index (χ2v) is 10.3. The number of rotatable bonds is 11. The zero-order chi connectivity index (χ0) is 21.6. The summed E-state index contributed by atoms with van der Waals surface area (Å²) in [4.78, 5) is 35.4. The number of hydrogen-bond acceptors (Lipinski definition) is 5. The van der Waals surface area contributed by atoms with Gasteiger partial charge in [0.25, 0.3) is 0 Å². The Morgan fingerprint density at radius 2 is 1.83 bits per heavy atom. The summed E-state index contributed by atoms with van der Waals surface area (Å²) in [5.41, 5.74) is 1.50. The van der Waals surface area contributed by atoms with Gasteiger partial charge in [-0.2, -0.15) is 0 Å². The molecule has 1 aromatic carbocycles. The molecule has 0 heterocycles. The van der Waals surface area contributed by atoms with Gasteiger partial charge < -0.3 is 10.1 Å². The van der Waals surface area contributed by atoms with Crippen LogP contribution < -0.4 is 21.3 Å². The van der Waals surface area contributed by atoms with Crippen molar-refractivity contribution < 1.29 is 45.5 Å². The summed E-state index contributed by atoms with van der Waals surface area (Å²) in [6.45, 7) is 3.26. The number of hydrogen-bond donors (Lipinski definition) is 4. The van der Waals surface area contributed by atoms with E-state index < -0.39 is 6.09 Å². The first-order chi connectivity index (χ1) is 13.9. The van der Waals surface area contributed by atoms with Crippen molar-refractivity contribution in [3.05, 3.63) is 29.8 Å². The third kappa shape index (κ3) is 10.5. The fourth-order valence-corrected chi connectivity index (χ4v) is 2.82. The van der Waals surface area contributed by atoms with Crippen molar-refractivity contribution in [3.8, 4) is 0 Å². The molecule has 0 spiro atoms. The Morgan fingerprint density at radius 1 is 1.14 bits per heavy atom. The van der Waals surface area contributed by atoms with E-state index in [1.165, 1.54) is 0 Å². The van der Waals surface area contributed by atoms with Crippen LogP contribution in [0.3, 0.4) is 0 Å². The molecule has 10 heteroatoms. The minimum absolute atomic E-state index is 0.0642. The van der Waals surface area contributed by atoms with Crippen LogP contribution in [0.1, 0.15) is 31.7 Å². The first-order valence-corrected chi connectivity index (χ1v) is 12.1. The van der Waals surface area contributed by atoms with E-state index in [2.05, 4.69) is 21.3 Å². The maximum atomic E-state index is 12.4. The van der Waals surface area contributed by atoms with Gasteiger partial charge in [-0.1, -0.05) is 6.92 Å². The molecule has 0 saturated carbocycles. The number of alkyl carbamates (subject to hydrolysis) is 1. The number of amides is 4. The standard InChI is InChI=1S/C19H31N5O4.Hg/c1-4-11-23-19(27)28-13-14-7-9-15(10-8-14)24-17(25)16(20-2)6-5-12-22-18(26)21-3;/h7-10,16,20H,4-6,11-13H2,1-3H3,(H4,21,22,23,24,25,26,27);/q;+1/p-1. The Balaban J connectivity index is 2.41. The van der Waals surface area contributed by atoms with Gasteiger partial charge in [-0.15, -0.1) is 0 Å². The second kappa shape index (κ2) is 14.2. The van der Waals surface area contributed by atoms with Gasteiger partial charge in [0.15, 0.2) is 0 Å². The molecule has 0 radical (unpaired) electrons. The quantitative estimate of drug-likeness (QED) is 0.231. The predicted molar refractivity (Wildman–Crippen MR) is 107 cm³/mol. The van der Waals surface area contributed by atoms with Gasteiger partial charge in [0.1, 0.15) is 6.61 Å². The van der Waals surface area contributed by atoms with Gasteiger partial charge in [0.2, 0.25) is 0 Å². The van der Waals surface area contributed by atoms with Crippen molar-refractivity contribution in [3.63, 3.8) is 0 Å². The normalized spacial score (nSPS) is 11.3. The summed E-state index contributed by atoms with van der Waals surface area (Å²) >= 11 is 0.263. The summed E-state index contributed by atoms with van der Waals surface area (Å²) in [6.07, 6.45) is 1.72. The van der Waals surface area contributed by atoms with Crippen LogP contribution in [0.15, 0.2) is 24.3 Å². The number of ether oxygens (including phenoxy) is 1. The van der Waals surface area contributed by atoms with Crippen molar-refractivity contribution >= 4 is 23.7 Å². The molecular weight excluding hydrogens is 563 g/mol. The van der Waals surface area contributed by atoms with Crippen LogP contribution in [0.2, 0.25) is 0 Å². The Labute approximate surface area is 188 Å². The van der Waals surface area contributed by atoms with Crippen LogP contribution >= 0.6 is 0 Å². The Bertz CT molecular complexity index is 655. The summed E-state index contributed by atoms with van der Waals surface area (Å²) in [6, 6.07) is 6.74. The van der Waals surface area contributed by atoms with Crippen molar-refractivity contribution in [2.45, 2.75) is 38.8 Å². The molecule has 0 saturated heterocycles. The molecule has 0 aliphatic heterocycles. The SMILES string of the molecule is CCCNC(=O)OCc1ccc(NC(=O)C(CCCNC(=O)[N](C)[Hg])NC)cc1. The van der Waals surface area contributed by atoms with Crippen LogP contribution in [0.4, 0.5) is 15.3 Å². The molecule has 4 amide bonds. The van der Waals surface area contributed by atoms with E-state index in [0.29, 0.717) is 31.6 Å². The summed E-state index contributed by atoms with van der Waals surface area (Å²) in [5.74, 6) is -0.134. The molecule has 1 rings (SSSR count). The molecule has 1 atom stereocenters. The number of benzene rings is 1. The number of anilines is 1. The van der Waals surface area contributed by atoms with E-state index in [1.54, 1.807) is 41.0 Å². The third-order valence-electron chi connectivity index (χ3n) is 4.07.